The van der Waals surface area contributed by atoms with Gasteiger partial charge in [0.1, 0.15) is 11.5 Å². The monoisotopic (exact) mass is 338 g/mol. The SMILES string of the molecule is O=C(NCCc1c2c(cc3c1OCC3)OCC2)NCc1ccccc1. The average molecular weight is 338 g/mol. The molecule has 2 aromatic rings. The summed E-state index contributed by atoms with van der Waals surface area (Å²) in [6, 6.07) is 11.9. The Bertz CT molecular complexity index is 742. The van der Waals surface area contributed by atoms with E-state index in [-0.39, 0.29) is 6.03 Å². The molecule has 130 valence electrons. The highest BCUT2D eigenvalue weighted by Gasteiger charge is 2.26. The number of amides is 2. The van der Waals surface area contributed by atoms with E-state index in [0.29, 0.717) is 13.1 Å². The third-order valence-electron chi connectivity index (χ3n) is 4.72. The van der Waals surface area contributed by atoms with Gasteiger partial charge in [-0.2, -0.15) is 0 Å². The molecule has 0 bridgehead atoms. The van der Waals surface area contributed by atoms with Crippen molar-refractivity contribution in [2.45, 2.75) is 25.8 Å². The van der Waals surface area contributed by atoms with E-state index < -0.39 is 0 Å². The maximum absolute atomic E-state index is 12.0. The minimum absolute atomic E-state index is 0.148. The Hall–Kier alpha value is -2.69. The molecule has 25 heavy (non-hydrogen) atoms. The van der Waals surface area contributed by atoms with E-state index in [1.165, 1.54) is 16.7 Å². The summed E-state index contributed by atoms with van der Waals surface area (Å²) < 4.78 is 11.6. The summed E-state index contributed by atoms with van der Waals surface area (Å²) in [5.74, 6) is 2.00. The van der Waals surface area contributed by atoms with Crippen LogP contribution >= 0.6 is 0 Å². The average Bonchev–Trinajstić information content (AvgIpc) is 3.29. The first kappa shape index (κ1) is 15.8. The van der Waals surface area contributed by atoms with E-state index in [0.717, 1.165) is 49.5 Å². The van der Waals surface area contributed by atoms with Crippen molar-refractivity contribution in [3.8, 4) is 11.5 Å². The van der Waals surface area contributed by atoms with Gasteiger partial charge in [-0.05, 0) is 18.1 Å². The van der Waals surface area contributed by atoms with Crippen LogP contribution in [0.15, 0.2) is 36.4 Å². The van der Waals surface area contributed by atoms with E-state index in [1.54, 1.807) is 0 Å². The van der Waals surface area contributed by atoms with E-state index >= 15 is 0 Å². The standard InChI is InChI=1S/C20H22N2O3/c23-20(22-13-14-4-2-1-3-5-14)21-9-6-17-16-8-11-24-18(16)12-15-7-10-25-19(15)17/h1-5,12H,6-11,13H2,(H2,21,22,23). The van der Waals surface area contributed by atoms with Crippen LogP contribution in [0.25, 0.3) is 0 Å². The Balaban J connectivity index is 1.34. The van der Waals surface area contributed by atoms with Crippen molar-refractivity contribution in [2.75, 3.05) is 19.8 Å². The molecule has 0 saturated heterocycles. The molecular formula is C20H22N2O3. The second-order valence-corrected chi connectivity index (χ2v) is 6.36. The second-order valence-electron chi connectivity index (χ2n) is 6.36. The van der Waals surface area contributed by atoms with Gasteiger partial charge in [-0.1, -0.05) is 30.3 Å². The molecular weight excluding hydrogens is 316 g/mol. The van der Waals surface area contributed by atoms with Gasteiger partial charge >= 0.3 is 6.03 Å². The molecule has 5 nitrogen and oxygen atoms in total. The molecule has 2 N–H and O–H groups in total. The highest BCUT2D eigenvalue weighted by Crippen LogP contribution is 2.40. The number of rotatable bonds is 5. The van der Waals surface area contributed by atoms with E-state index in [9.17, 15) is 4.79 Å². The van der Waals surface area contributed by atoms with Gasteiger partial charge in [0.15, 0.2) is 0 Å². The molecule has 0 saturated carbocycles. The van der Waals surface area contributed by atoms with Crippen LogP contribution in [0.2, 0.25) is 0 Å². The predicted octanol–water partition coefficient (Wildman–Crippen LogP) is 2.60. The number of urea groups is 1. The van der Waals surface area contributed by atoms with Gasteiger partial charge < -0.3 is 20.1 Å². The summed E-state index contributed by atoms with van der Waals surface area (Å²) in [5, 5.41) is 5.82. The van der Waals surface area contributed by atoms with Crippen LogP contribution in [0.3, 0.4) is 0 Å². The maximum Gasteiger partial charge on any atom is 0.315 e. The van der Waals surface area contributed by atoms with Crippen molar-refractivity contribution in [1.29, 1.82) is 0 Å². The molecule has 2 aliphatic heterocycles. The van der Waals surface area contributed by atoms with Gasteiger partial charge in [0.05, 0.1) is 13.2 Å². The van der Waals surface area contributed by atoms with Crippen molar-refractivity contribution in [3.05, 3.63) is 58.7 Å². The molecule has 4 rings (SSSR count). The first-order valence-corrected chi connectivity index (χ1v) is 8.80. The fourth-order valence-electron chi connectivity index (χ4n) is 3.49. The van der Waals surface area contributed by atoms with Crippen molar-refractivity contribution in [1.82, 2.24) is 10.6 Å². The Morgan fingerprint density at radius 3 is 2.76 bits per heavy atom. The fraction of sp³-hybridized carbons (Fsp3) is 0.350. The highest BCUT2D eigenvalue weighted by molar-refractivity contribution is 5.73. The zero-order valence-corrected chi connectivity index (χ0v) is 14.1. The maximum atomic E-state index is 12.0. The number of hydrogen-bond acceptors (Lipinski definition) is 3. The summed E-state index contributed by atoms with van der Waals surface area (Å²) in [5.41, 5.74) is 4.75. The molecule has 5 heteroatoms. The number of benzene rings is 2. The lowest BCUT2D eigenvalue weighted by molar-refractivity contribution is 0.240. The fourth-order valence-corrected chi connectivity index (χ4v) is 3.49. The Labute approximate surface area is 147 Å². The summed E-state index contributed by atoms with van der Waals surface area (Å²) in [6.45, 7) is 2.57. The molecule has 2 aromatic carbocycles. The van der Waals surface area contributed by atoms with Crippen LogP contribution in [-0.4, -0.2) is 25.8 Å². The number of nitrogens with one attached hydrogen (secondary N) is 2. The quantitative estimate of drug-likeness (QED) is 0.881. The van der Waals surface area contributed by atoms with Gasteiger partial charge in [0.25, 0.3) is 0 Å². The van der Waals surface area contributed by atoms with E-state index in [4.69, 9.17) is 9.47 Å². The summed E-state index contributed by atoms with van der Waals surface area (Å²) in [7, 11) is 0. The van der Waals surface area contributed by atoms with Crippen molar-refractivity contribution in [2.24, 2.45) is 0 Å². The molecule has 0 unspecified atom stereocenters. The number of fused-ring (bicyclic) bond motifs is 2. The molecule has 2 aliphatic rings. The zero-order valence-electron chi connectivity index (χ0n) is 14.1. The summed E-state index contributed by atoms with van der Waals surface area (Å²) >= 11 is 0. The molecule has 0 atom stereocenters. The van der Waals surface area contributed by atoms with Crippen molar-refractivity contribution in [3.63, 3.8) is 0 Å². The van der Waals surface area contributed by atoms with Crippen LogP contribution in [-0.2, 0) is 25.8 Å². The Kier molecular flexibility index (Phi) is 4.46. The lowest BCUT2D eigenvalue weighted by atomic mass is 9.97. The Morgan fingerprint density at radius 1 is 1.04 bits per heavy atom. The van der Waals surface area contributed by atoms with Crippen molar-refractivity contribution >= 4 is 6.03 Å². The van der Waals surface area contributed by atoms with Crippen LogP contribution in [0.1, 0.15) is 22.3 Å². The van der Waals surface area contributed by atoms with Gasteiger partial charge in [-0.25, -0.2) is 4.79 Å². The van der Waals surface area contributed by atoms with Crippen molar-refractivity contribution < 1.29 is 14.3 Å². The lowest BCUT2D eigenvalue weighted by Crippen LogP contribution is -2.36. The third kappa shape index (κ3) is 3.40. The normalized spacial score (nSPS) is 14.2. The smallest absolute Gasteiger partial charge is 0.315 e. The summed E-state index contributed by atoms with van der Waals surface area (Å²) in [4.78, 5) is 12.0. The molecule has 0 fully saturated rings. The molecule has 2 amide bonds. The second kappa shape index (κ2) is 7.05. The number of carbonyl (C=O) groups excluding carboxylic acids is 1. The Morgan fingerprint density at radius 2 is 1.88 bits per heavy atom. The van der Waals surface area contributed by atoms with E-state index in [2.05, 4.69) is 16.7 Å². The number of carbonyl (C=O) groups is 1. The summed E-state index contributed by atoms with van der Waals surface area (Å²) in [6.07, 6.45) is 2.61. The molecule has 0 aromatic heterocycles. The lowest BCUT2D eigenvalue weighted by Gasteiger charge is -2.13. The zero-order chi connectivity index (χ0) is 17.1. The topological polar surface area (TPSA) is 59.6 Å². The van der Waals surface area contributed by atoms with Gasteiger partial charge in [-0.3, -0.25) is 0 Å². The minimum Gasteiger partial charge on any atom is -0.493 e. The van der Waals surface area contributed by atoms with Gasteiger partial charge in [0.2, 0.25) is 0 Å². The number of hydrogen-bond donors (Lipinski definition) is 2. The molecule has 0 aliphatic carbocycles. The molecule has 0 spiro atoms. The van der Waals surface area contributed by atoms with Crippen LogP contribution in [0, 0.1) is 0 Å². The van der Waals surface area contributed by atoms with Crippen LogP contribution in [0.4, 0.5) is 4.79 Å². The van der Waals surface area contributed by atoms with E-state index in [1.807, 2.05) is 30.3 Å². The van der Waals surface area contributed by atoms with Gasteiger partial charge in [0, 0.05) is 42.6 Å². The first-order valence-electron chi connectivity index (χ1n) is 8.80. The molecule has 0 radical (unpaired) electrons. The molecule has 2 heterocycles. The first-order chi connectivity index (χ1) is 12.3. The highest BCUT2D eigenvalue weighted by atomic mass is 16.5. The largest absolute Gasteiger partial charge is 0.493 e. The van der Waals surface area contributed by atoms with Crippen LogP contribution < -0.4 is 20.1 Å². The minimum atomic E-state index is -0.148. The van der Waals surface area contributed by atoms with Crippen LogP contribution in [0.5, 0.6) is 11.5 Å². The van der Waals surface area contributed by atoms with Gasteiger partial charge in [-0.15, -0.1) is 0 Å². The number of ether oxygens (including phenoxy) is 2. The third-order valence-corrected chi connectivity index (χ3v) is 4.72. The predicted molar refractivity (Wildman–Crippen MR) is 95.2 cm³/mol.